The van der Waals surface area contributed by atoms with Crippen LogP contribution in [0.5, 0.6) is 0 Å². The van der Waals surface area contributed by atoms with E-state index in [1.165, 1.54) is 0 Å². The van der Waals surface area contributed by atoms with Crippen LogP contribution < -0.4 is 11.1 Å². The number of hydrogen-bond donors (Lipinski definition) is 3. The summed E-state index contributed by atoms with van der Waals surface area (Å²) in [6.45, 7) is 6.69. The lowest BCUT2D eigenvalue weighted by Crippen LogP contribution is -2.23. The number of benzene rings is 1. The van der Waals surface area contributed by atoms with E-state index in [4.69, 9.17) is 5.73 Å². The highest BCUT2D eigenvalue weighted by molar-refractivity contribution is 5.95. The number of nitrogens with one attached hydrogen (secondary N) is 2. The van der Waals surface area contributed by atoms with Gasteiger partial charge < -0.3 is 11.1 Å². The molecule has 0 atom stereocenters. The average molecular weight is 349 g/mol. The topological polar surface area (TPSA) is 96.7 Å². The van der Waals surface area contributed by atoms with Gasteiger partial charge in [-0.1, -0.05) is 32.9 Å². The summed E-state index contributed by atoms with van der Waals surface area (Å²) in [5.41, 5.74) is 10.7. The molecule has 1 amide bonds. The van der Waals surface area contributed by atoms with E-state index < -0.39 is 0 Å². The second-order valence-electron chi connectivity index (χ2n) is 7.25. The quantitative estimate of drug-likeness (QED) is 0.673. The van der Waals surface area contributed by atoms with Crippen molar-refractivity contribution < 1.29 is 4.79 Å². The van der Waals surface area contributed by atoms with Crippen molar-refractivity contribution in [2.75, 3.05) is 5.73 Å². The largest absolute Gasteiger partial charge is 0.398 e. The SMILES string of the molecule is CC(C)(C)c1cc(CNC(=O)c2cccc(-c3cnccc3N)c2)[nH]n1. The van der Waals surface area contributed by atoms with Crippen LogP contribution in [-0.2, 0) is 12.0 Å². The Labute approximate surface area is 152 Å². The summed E-state index contributed by atoms with van der Waals surface area (Å²) < 4.78 is 0. The van der Waals surface area contributed by atoms with Crippen molar-refractivity contribution in [2.45, 2.75) is 32.7 Å². The maximum atomic E-state index is 12.5. The minimum atomic E-state index is -0.152. The first-order valence-electron chi connectivity index (χ1n) is 8.47. The van der Waals surface area contributed by atoms with Crippen molar-refractivity contribution in [1.82, 2.24) is 20.5 Å². The van der Waals surface area contributed by atoms with E-state index in [9.17, 15) is 4.79 Å². The van der Waals surface area contributed by atoms with Crippen LogP contribution in [0.2, 0.25) is 0 Å². The van der Waals surface area contributed by atoms with Gasteiger partial charge in [0.05, 0.1) is 17.9 Å². The smallest absolute Gasteiger partial charge is 0.251 e. The van der Waals surface area contributed by atoms with Crippen LogP contribution in [0.3, 0.4) is 0 Å². The number of rotatable bonds is 4. The number of aromatic nitrogens is 3. The highest BCUT2D eigenvalue weighted by Gasteiger charge is 2.17. The van der Waals surface area contributed by atoms with Gasteiger partial charge in [-0.25, -0.2) is 0 Å². The molecule has 0 aliphatic heterocycles. The van der Waals surface area contributed by atoms with Crippen molar-refractivity contribution in [2.24, 2.45) is 0 Å². The summed E-state index contributed by atoms with van der Waals surface area (Å²) in [7, 11) is 0. The standard InChI is InChI=1S/C20H23N5O/c1-20(2,3)18-10-15(24-25-18)11-23-19(26)14-6-4-5-13(9-14)16-12-22-8-7-17(16)21/h4-10,12H,11H2,1-3H3,(H2,21,22)(H,23,26)(H,24,25). The van der Waals surface area contributed by atoms with Gasteiger partial charge in [0.2, 0.25) is 0 Å². The molecule has 26 heavy (non-hydrogen) atoms. The van der Waals surface area contributed by atoms with Crippen LogP contribution >= 0.6 is 0 Å². The minimum Gasteiger partial charge on any atom is -0.398 e. The minimum absolute atomic E-state index is 0.0310. The first-order valence-corrected chi connectivity index (χ1v) is 8.47. The number of nitrogens with two attached hydrogens (primary N) is 1. The number of carbonyl (C=O) groups is 1. The zero-order chi connectivity index (χ0) is 18.7. The van der Waals surface area contributed by atoms with Crippen molar-refractivity contribution in [1.29, 1.82) is 0 Å². The Morgan fingerprint density at radius 2 is 2.04 bits per heavy atom. The maximum Gasteiger partial charge on any atom is 0.251 e. The van der Waals surface area contributed by atoms with Gasteiger partial charge in [-0.2, -0.15) is 5.10 Å². The molecule has 0 unspecified atom stereocenters. The molecular weight excluding hydrogens is 326 g/mol. The van der Waals surface area contributed by atoms with Crippen molar-refractivity contribution >= 4 is 11.6 Å². The fourth-order valence-electron chi connectivity index (χ4n) is 2.59. The molecule has 3 aromatic rings. The molecule has 0 aliphatic carbocycles. The highest BCUT2D eigenvalue weighted by Crippen LogP contribution is 2.25. The lowest BCUT2D eigenvalue weighted by molar-refractivity contribution is 0.0950. The molecule has 6 heteroatoms. The highest BCUT2D eigenvalue weighted by atomic mass is 16.1. The second kappa shape index (κ2) is 7.00. The molecule has 0 saturated carbocycles. The lowest BCUT2D eigenvalue weighted by atomic mass is 9.92. The van der Waals surface area contributed by atoms with Gasteiger partial charge >= 0.3 is 0 Å². The van der Waals surface area contributed by atoms with Crippen molar-refractivity contribution in [3.05, 3.63) is 65.7 Å². The molecular formula is C20H23N5O. The van der Waals surface area contributed by atoms with Crippen LogP contribution in [0.25, 0.3) is 11.1 Å². The molecule has 2 heterocycles. The fourth-order valence-corrected chi connectivity index (χ4v) is 2.59. The second-order valence-corrected chi connectivity index (χ2v) is 7.25. The Balaban J connectivity index is 1.72. The first kappa shape index (κ1) is 17.7. The average Bonchev–Trinajstić information content (AvgIpc) is 3.09. The molecule has 2 aromatic heterocycles. The number of H-pyrrole nitrogens is 1. The van der Waals surface area contributed by atoms with E-state index in [0.717, 1.165) is 22.5 Å². The van der Waals surface area contributed by atoms with Crippen LogP contribution in [0.15, 0.2) is 48.8 Å². The monoisotopic (exact) mass is 349 g/mol. The Kier molecular flexibility index (Phi) is 4.75. The molecule has 1 aromatic carbocycles. The van der Waals surface area contributed by atoms with Gasteiger partial charge in [0.1, 0.15) is 0 Å². The number of carbonyl (C=O) groups excluding carboxylic acids is 1. The summed E-state index contributed by atoms with van der Waals surface area (Å²) in [6.07, 6.45) is 3.34. The van der Waals surface area contributed by atoms with Gasteiger partial charge in [-0.15, -0.1) is 0 Å². The number of aromatic amines is 1. The maximum absolute atomic E-state index is 12.5. The predicted molar refractivity (Wildman–Crippen MR) is 103 cm³/mol. The Morgan fingerprint density at radius 1 is 1.23 bits per heavy atom. The molecule has 0 saturated heterocycles. The van der Waals surface area contributed by atoms with Crippen LogP contribution in [0, 0.1) is 0 Å². The molecule has 0 aliphatic rings. The summed E-state index contributed by atoms with van der Waals surface area (Å²) in [4.78, 5) is 16.6. The Bertz CT molecular complexity index is 924. The molecule has 0 radical (unpaired) electrons. The van der Waals surface area contributed by atoms with Crippen LogP contribution in [0.4, 0.5) is 5.69 Å². The van der Waals surface area contributed by atoms with Crippen LogP contribution in [-0.4, -0.2) is 21.1 Å². The summed E-state index contributed by atoms with van der Waals surface area (Å²) in [5, 5.41) is 10.2. The number of nitrogens with zero attached hydrogens (tertiary/aromatic N) is 2. The van der Waals surface area contributed by atoms with Gasteiger partial charge in [-0.05, 0) is 29.8 Å². The number of amides is 1. The summed E-state index contributed by atoms with van der Waals surface area (Å²) in [5.74, 6) is -0.152. The molecule has 0 spiro atoms. The number of nitrogen functional groups attached to an aromatic ring is 1. The lowest BCUT2D eigenvalue weighted by Gasteiger charge is -2.13. The van der Waals surface area contributed by atoms with E-state index in [2.05, 4.69) is 41.3 Å². The molecule has 6 nitrogen and oxygen atoms in total. The summed E-state index contributed by atoms with van der Waals surface area (Å²) >= 11 is 0. The third kappa shape index (κ3) is 3.91. The van der Waals surface area contributed by atoms with E-state index in [0.29, 0.717) is 17.8 Å². The first-order chi connectivity index (χ1) is 12.3. The Hall–Kier alpha value is -3.15. The van der Waals surface area contributed by atoms with E-state index in [1.54, 1.807) is 24.5 Å². The van der Waals surface area contributed by atoms with Gasteiger partial charge in [-0.3, -0.25) is 14.9 Å². The fraction of sp³-hybridized carbons (Fsp3) is 0.250. The van der Waals surface area contributed by atoms with Crippen LogP contribution in [0.1, 0.15) is 42.5 Å². The number of pyridine rings is 1. The molecule has 0 bridgehead atoms. The van der Waals surface area contributed by atoms with E-state index >= 15 is 0 Å². The molecule has 4 N–H and O–H groups in total. The molecule has 0 fully saturated rings. The predicted octanol–water partition coefficient (Wildman–Crippen LogP) is 3.28. The zero-order valence-corrected chi connectivity index (χ0v) is 15.2. The van der Waals surface area contributed by atoms with Crippen molar-refractivity contribution in [3.63, 3.8) is 0 Å². The normalized spacial score (nSPS) is 11.3. The van der Waals surface area contributed by atoms with Gasteiger partial charge in [0.25, 0.3) is 5.91 Å². The van der Waals surface area contributed by atoms with Crippen molar-refractivity contribution in [3.8, 4) is 11.1 Å². The number of anilines is 1. The molecule has 3 rings (SSSR count). The summed E-state index contributed by atoms with van der Waals surface area (Å²) in [6, 6.07) is 11.1. The third-order valence-corrected chi connectivity index (χ3v) is 4.13. The van der Waals surface area contributed by atoms with Gasteiger partial charge in [0.15, 0.2) is 0 Å². The number of hydrogen-bond acceptors (Lipinski definition) is 4. The van der Waals surface area contributed by atoms with E-state index in [1.807, 2.05) is 24.3 Å². The van der Waals surface area contributed by atoms with E-state index in [-0.39, 0.29) is 11.3 Å². The third-order valence-electron chi connectivity index (χ3n) is 4.13. The molecule has 134 valence electrons. The zero-order valence-electron chi connectivity index (χ0n) is 15.2. The van der Waals surface area contributed by atoms with Gasteiger partial charge in [0, 0.05) is 34.6 Å². The Morgan fingerprint density at radius 3 is 2.73 bits per heavy atom.